The van der Waals surface area contributed by atoms with Crippen molar-refractivity contribution in [3.05, 3.63) is 40.7 Å². The van der Waals surface area contributed by atoms with E-state index in [1.165, 1.54) is 18.5 Å². The summed E-state index contributed by atoms with van der Waals surface area (Å²) in [6.07, 6.45) is 2.95. The molecule has 2 rings (SSSR count). The number of nitro benzene ring substituents is 1. The van der Waals surface area contributed by atoms with Gasteiger partial charge in [0.05, 0.1) is 16.9 Å². The number of primary amides is 1. The van der Waals surface area contributed by atoms with Crippen molar-refractivity contribution in [2.75, 3.05) is 11.9 Å². The minimum Gasteiger partial charge on any atom is -0.376 e. The van der Waals surface area contributed by atoms with E-state index in [1.807, 2.05) is 0 Å². The van der Waals surface area contributed by atoms with Gasteiger partial charge in [-0.05, 0) is 12.1 Å². The number of carbonyl (C=O) groups is 1. The molecule has 7 nitrogen and oxygen atoms in total. The van der Waals surface area contributed by atoms with Crippen LogP contribution in [0.4, 0.5) is 11.4 Å². The number of non-ortho nitro benzene ring substituents is 1. The fourth-order valence-electron chi connectivity index (χ4n) is 1.67. The van der Waals surface area contributed by atoms with Crippen LogP contribution in [-0.4, -0.2) is 22.4 Å². The number of hydrogen-bond acceptors (Lipinski definition) is 5. The van der Waals surface area contributed by atoms with E-state index in [-0.39, 0.29) is 12.2 Å². The van der Waals surface area contributed by atoms with E-state index >= 15 is 0 Å². The van der Waals surface area contributed by atoms with E-state index in [2.05, 4.69) is 10.3 Å². The summed E-state index contributed by atoms with van der Waals surface area (Å²) in [6, 6.07) is 4.56. The lowest BCUT2D eigenvalue weighted by atomic mass is 10.1. The molecule has 0 aliphatic rings. The Morgan fingerprint density at radius 1 is 1.39 bits per heavy atom. The number of rotatable bonds is 4. The quantitative estimate of drug-likeness (QED) is 0.618. The number of nitrogens with zero attached hydrogens (tertiary/aromatic N) is 2. The van der Waals surface area contributed by atoms with Crippen molar-refractivity contribution in [1.82, 2.24) is 4.98 Å². The lowest BCUT2D eigenvalue weighted by Crippen LogP contribution is -2.21. The number of nitro groups is 1. The fourth-order valence-corrected chi connectivity index (χ4v) is 1.67. The average molecular weight is 246 g/mol. The molecule has 92 valence electrons. The van der Waals surface area contributed by atoms with Crippen LogP contribution >= 0.6 is 0 Å². The Kier molecular flexibility index (Phi) is 3.05. The first-order valence-electron chi connectivity index (χ1n) is 5.13. The van der Waals surface area contributed by atoms with Gasteiger partial charge in [0.15, 0.2) is 0 Å². The summed E-state index contributed by atoms with van der Waals surface area (Å²) in [6.45, 7) is -0.0325. The van der Waals surface area contributed by atoms with E-state index in [1.54, 1.807) is 12.1 Å². The number of fused-ring (bicyclic) bond motifs is 1. The molecule has 0 spiro atoms. The zero-order chi connectivity index (χ0) is 13.1. The highest BCUT2D eigenvalue weighted by atomic mass is 16.6. The highest BCUT2D eigenvalue weighted by Gasteiger charge is 2.14. The zero-order valence-electron chi connectivity index (χ0n) is 9.29. The van der Waals surface area contributed by atoms with E-state index in [9.17, 15) is 14.9 Å². The highest BCUT2D eigenvalue weighted by molar-refractivity contribution is 5.99. The van der Waals surface area contributed by atoms with Gasteiger partial charge in [-0.25, -0.2) is 0 Å². The monoisotopic (exact) mass is 246 g/mol. The number of anilines is 1. The molecule has 0 saturated heterocycles. The summed E-state index contributed by atoms with van der Waals surface area (Å²) < 4.78 is 0. The molecule has 3 N–H and O–H groups in total. The lowest BCUT2D eigenvalue weighted by molar-refractivity contribution is -0.383. The Labute approximate surface area is 102 Å². The number of carbonyl (C=O) groups excluding carboxylic acids is 1. The van der Waals surface area contributed by atoms with Crippen LogP contribution in [0.25, 0.3) is 10.8 Å². The van der Waals surface area contributed by atoms with Gasteiger partial charge in [0.2, 0.25) is 5.91 Å². The molecule has 1 heterocycles. The number of nitrogens with one attached hydrogen (secondary N) is 1. The van der Waals surface area contributed by atoms with E-state index in [0.717, 1.165) is 0 Å². The van der Waals surface area contributed by atoms with Crippen LogP contribution in [0.1, 0.15) is 0 Å². The molecular weight excluding hydrogens is 236 g/mol. The summed E-state index contributed by atoms with van der Waals surface area (Å²) >= 11 is 0. The van der Waals surface area contributed by atoms with E-state index in [4.69, 9.17) is 5.73 Å². The Bertz CT molecular complexity index is 627. The van der Waals surface area contributed by atoms with Crippen LogP contribution in [0.3, 0.4) is 0 Å². The molecule has 18 heavy (non-hydrogen) atoms. The molecule has 0 unspecified atom stereocenters. The lowest BCUT2D eigenvalue weighted by Gasteiger charge is -2.08. The first-order chi connectivity index (χ1) is 8.59. The van der Waals surface area contributed by atoms with E-state index in [0.29, 0.717) is 16.5 Å². The second-order valence-electron chi connectivity index (χ2n) is 3.63. The smallest absolute Gasteiger partial charge is 0.278 e. The third-order valence-electron chi connectivity index (χ3n) is 2.44. The predicted molar refractivity (Wildman–Crippen MR) is 66.1 cm³/mol. The first kappa shape index (κ1) is 11.8. The van der Waals surface area contributed by atoms with E-state index < -0.39 is 10.8 Å². The maximum Gasteiger partial charge on any atom is 0.278 e. The van der Waals surface area contributed by atoms with Crippen molar-refractivity contribution < 1.29 is 9.72 Å². The second kappa shape index (κ2) is 4.66. The number of benzene rings is 1. The number of amides is 1. The topological polar surface area (TPSA) is 111 Å². The van der Waals surface area contributed by atoms with Crippen LogP contribution in [0.15, 0.2) is 30.6 Å². The SMILES string of the molecule is NC(=O)CNc1ccc([N+](=O)[O-])c2cnccc12. The van der Waals surface area contributed by atoms with Gasteiger partial charge >= 0.3 is 0 Å². The standard InChI is InChI=1S/C11H10N4O3/c12-11(16)6-14-9-1-2-10(15(17)18)8-5-13-4-3-7(8)9/h1-5,14H,6H2,(H2,12,16). The van der Waals surface area contributed by atoms with Crippen molar-refractivity contribution in [3.63, 3.8) is 0 Å². The Morgan fingerprint density at radius 3 is 2.83 bits per heavy atom. The number of nitrogens with two attached hydrogens (primary N) is 1. The minimum atomic E-state index is -0.504. The Balaban J connectivity index is 2.53. The van der Waals surface area contributed by atoms with Crippen LogP contribution in [-0.2, 0) is 4.79 Å². The highest BCUT2D eigenvalue weighted by Crippen LogP contribution is 2.30. The summed E-state index contributed by atoms with van der Waals surface area (Å²) in [5.74, 6) is -0.504. The molecule has 0 fully saturated rings. The van der Waals surface area contributed by atoms with Crippen molar-refractivity contribution in [1.29, 1.82) is 0 Å². The van der Waals surface area contributed by atoms with Gasteiger partial charge in [0, 0.05) is 29.5 Å². The average Bonchev–Trinajstić information content (AvgIpc) is 2.35. The molecule has 0 aliphatic heterocycles. The van der Waals surface area contributed by atoms with Gasteiger partial charge in [-0.2, -0.15) is 0 Å². The van der Waals surface area contributed by atoms with Gasteiger partial charge in [-0.1, -0.05) is 0 Å². The second-order valence-corrected chi connectivity index (χ2v) is 3.63. The van der Waals surface area contributed by atoms with Crippen LogP contribution in [0, 0.1) is 10.1 Å². The molecule has 1 amide bonds. The van der Waals surface area contributed by atoms with Crippen LogP contribution in [0.5, 0.6) is 0 Å². The Morgan fingerprint density at radius 2 is 2.17 bits per heavy atom. The van der Waals surface area contributed by atoms with Crippen molar-refractivity contribution in [2.45, 2.75) is 0 Å². The van der Waals surface area contributed by atoms with Gasteiger partial charge in [-0.15, -0.1) is 0 Å². The molecule has 1 aromatic carbocycles. The number of pyridine rings is 1. The summed E-state index contributed by atoms with van der Waals surface area (Å²) in [5.41, 5.74) is 5.62. The van der Waals surface area contributed by atoms with Crippen molar-refractivity contribution >= 4 is 28.1 Å². The number of aromatic nitrogens is 1. The van der Waals surface area contributed by atoms with Gasteiger partial charge in [-0.3, -0.25) is 19.9 Å². The molecule has 7 heteroatoms. The van der Waals surface area contributed by atoms with Crippen molar-refractivity contribution in [2.24, 2.45) is 5.73 Å². The molecule has 0 atom stereocenters. The third kappa shape index (κ3) is 2.19. The Hall–Kier alpha value is -2.70. The maximum absolute atomic E-state index is 10.9. The predicted octanol–water partition coefficient (Wildman–Crippen LogP) is 1.04. The molecule has 0 aliphatic carbocycles. The zero-order valence-corrected chi connectivity index (χ0v) is 9.29. The van der Waals surface area contributed by atoms with Gasteiger partial charge in [0.1, 0.15) is 0 Å². The van der Waals surface area contributed by atoms with Crippen LogP contribution < -0.4 is 11.1 Å². The fraction of sp³-hybridized carbons (Fsp3) is 0.0909. The molecule has 0 radical (unpaired) electrons. The third-order valence-corrected chi connectivity index (χ3v) is 2.44. The van der Waals surface area contributed by atoms with Gasteiger partial charge in [0.25, 0.3) is 5.69 Å². The maximum atomic E-state index is 10.9. The summed E-state index contributed by atoms with van der Waals surface area (Å²) in [5, 5.41) is 14.7. The molecule has 2 aromatic rings. The first-order valence-corrected chi connectivity index (χ1v) is 5.13. The normalized spacial score (nSPS) is 10.2. The minimum absolute atomic E-state index is 0.0253. The van der Waals surface area contributed by atoms with Crippen molar-refractivity contribution in [3.8, 4) is 0 Å². The summed E-state index contributed by atoms with van der Waals surface area (Å²) in [4.78, 5) is 25.0. The summed E-state index contributed by atoms with van der Waals surface area (Å²) in [7, 11) is 0. The molecule has 0 saturated carbocycles. The largest absolute Gasteiger partial charge is 0.376 e. The molecule has 1 aromatic heterocycles. The number of hydrogen-bond donors (Lipinski definition) is 2. The molecular formula is C11H10N4O3. The molecule has 0 bridgehead atoms. The van der Waals surface area contributed by atoms with Crippen LogP contribution in [0.2, 0.25) is 0 Å². The van der Waals surface area contributed by atoms with Gasteiger partial charge < -0.3 is 11.1 Å².